The lowest BCUT2D eigenvalue weighted by Crippen LogP contribution is -2.24. The number of anilines is 2. The Morgan fingerprint density at radius 3 is 3.11 bits per heavy atom. The van der Waals surface area contributed by atoms with Crippen LogP contribution in [0.25, 0.3) is 0 Å². The van der Waals surface area contributed by atoms with Crippen LogP contribution in [0.5, 0.6) is 0 Å². The molecule has 19 heavy (non-hydrogen) atoms. The van der Waals surface area contributed by atoms with Gasteiger partial charge in [-0.1, -0.05) is 22.8 Å². The van der Waals surface area contributed by atoms with E-state index in [1.54, 1.807) is 0 Å². The Balaban J connectivity index is 1.94. The van der Waals surface area contributed by atoms with Crippen molar-refractivity contribution >= 4 is 23.3 Å². The fraction of sp³-hybridized carbons (Fsp3) is 0.429. The number of aromatic nitrogens is 2. The minimum atomic E-state index is 0.497. The van der Waals surface area contributed by atoms with E-state index < -0.39 is 0 Å². The zero-order valence-electron chi connectivity index (χ0n) is 10.9. The summed E-state index contributed by atoms with van der Waals surface area (Å²) < 4.78 is 5.67. The molecule has 0 aliphatic carbocycles. The van der Waals surface area contributed by atoms with Crippen LogP contribution in [0.15, 0.2) is 22.6 Å². The first-order valence-electron chi connectivity index (χ1n) is 6.53. The molecule has 5 heteroatoms. The highest BCUT2D eigenvalue weighted by Crippen LogP contribution is 2.33. The van der Waals surface area contributed by atoms with E-state index in [4.69, 9.17) is 16.0 Å². The standard InChI is InChI=1S/C14H16ClN3O/c1-10-4-5-12-11(9-10)3-2-8-18(12)14-17-16-13(19-14)6-7-15/h4-5,9H,2-3,6-8H2,1H3. The number of halogens is 1. The van der Waals surface area contributed by atoms with Crippen molar-refractivity contribution in [2.75, 3.05) is 17.3 Å². The van der Waals surface area contributed by atoms with Crippen LogP contribution in [0.3, 0.4) is 0 Å². The van der Waals surface area contributed by atoms with E-state index in [0.717, 1.165) is 19.4 Å². The molecule has 0 bridgehead atoms. The van der Waals surface area contributed by atoms with Crippen LogP contribution < -0.4 is 4.90 Å². The second-order valence-electron chi connectivity index (χ2n) is 4.80. The maximum atomic E-state index is 5.69. The highest BCUT2D eigenvalue weighted by molar-refractivity contribution is 6.17. The Bertz CT molecular complexity index is 582. The van der Waals surface area contributed by atoms with Crippen molar-refractivity contribution in [3.8, 4) is 0 Å². The molecule has 100 valence electrons. The molecule has 1 aliphatic rings. The van der Waals surface area contributed by atoms with Gasteiger partial charge in [0.15, 0.2) is 0 Å². The van der Waals surface area contributed by atoms with Crippen LogP contribution in [-0.4, -0.2) is 22.6 Å². The van der Waals surface area contributed by atoms with Crippen molar-refractivity contribution in [3.05, 3.63) is 35.2 Å². The SMILES string of the molecule is Cc1ccc2c(c1)CCCN2c1nnc(CCCl)o1. The second kappa shape index (κ2) is 5.21. The first-order valence-corrected chi connectivity index (χ1v) is 7.07. The lowest BCUT2D eigenvalue weighted by atomic mass is 10.00. The summed E-state index contributed by atoms with van der Waals surface area (Å²) >= 11 is 5.69. The molecule has 0 amide bonds. The Morgan fingerprint density at radius 1 is 1.37 bits per heavy atom. The average molecular weight is 278 g/mol. The largest absolute Gasteiger partial charge is 0.408 e. The fourth-order valence-corrected chi connectivity index (χ4v) is 2.62. The zero-order chi connectivity index (χ0) is 13.2. The van der Waals surface area contributed by atoms with E-state index in [0.29, 0.717) is 24.2 Å². The number of rotatable bonds is 3. The van der Waals surface area contributed by atoms with Gasteiger partial charge >= 0.3 is 6.01 Å². The normalized spacial score (nSPS) is 14.5. The highest BCUT2D eigenvalue weighted by atomic mass is 35.5. The predicted octanol–water partition coefficient (Wildman–Crippen LogP) is 3.24. The maximum absolute atomic E-state index is 5.69. The third-order valence-corrected chi connectivity index (χ3v) is 3.54. The first kappa shape index (κ1) is 12.5. The number of alkyl halides is 1. The van der Waals surface area contributed by atoms with E-state index in [1.807, 2.05) is 0 Å². The predicted molar refractivity (Wildman–Crippen MR) is 75.2 cm³/mol. The summed E-state index contributed by atoms with van der Waals surface area (Å²) in [5.41, 5.74) is 3.82. The van der Waals surface area contributed by atoms with Crippen LogP contribution in [-0.2, 0) is 12.8 Å². The van der Waals surface area contributed by atoms with Gasteiger partial charge in [0.2, 0.25) is 5.89 Å². The van der Waals surface area contributed by atoms with Crippen molar-refractivity contribution < 1.29 is 4.42 Å². The Hall–Kier alpha value is -1.55. The number of nitrogens with zero attached hydrogens (tertiary/aromatic N) is 3. The molecule has 0 fully saturated rings. The van der Waals surface area contributed by atoms with Crippen molar-refractivity contribution in [2.24, 2.45) is 0 Å². The lowest BCUT2D eigenvalue weighted by Gasteiger charge is -2.27. The average Bonchev–Trinajstić information content (AvgIpc) is 2.86. The summed E-state index contributed by atoms with van der Waals surface area (Å²) in [7, 11) is 0. The van der Waals surface area contributed by atoms with Gasteiger partial charge in [0.25, 0.3) is 0 Å². The van der Waals surface area contributed by atoms with Crippen molar-refractivity contribution in [1.29, 1.82) is 0 Å². The van der Waals surface area contributed by atoms with E-state index in [2.05, 4.69) is 40.2 Å². The molecule has 1 aromatic heterocycles. The van der Waals surface area contributed by atoms with Crippen LogP contribution in [0.1, 0.15) is 23.4 Å². The Kier molecular flexibility index (Phi) is 3.42. The monoisotopic (exact) mass is 277 g/mol. The van der Waals surface area contributed by atoms with Gasteiger partial charge in [-0.3, -0.25) is 4.90 Å². The van der Waals surface area contributed by atoms with Crippen molar-refractivity contribution in [3.63, 3.8) is 0 Å². The molecule has 3 rings (SSSR count). The molecule has 0 spiro atoms. The number of benzene rings is 1. The number of fused-ring (bicyclic) bond motifs is 1. The molecule has 2 heterocycles. The molecule has 0 unspecified atom stereocenters. The molecular formula is C14H16ClN3O. The van der Waals surface area contributed by atoms with Crippen LogP contribution >= 0.6 is 11.6 Å². The molecule has 2 aromatic rings. The summed E-state index contributed by atoms with van der Waals surface area (Å²) in [6.07, 6.45) is 2.82. The highest BCUT2D eigenvalue weighted by Gasteiger charge is 2.22. The third kappa shape index (κ3) is 2.45. The maximum Gasteiger partial charge on any atom is 0.322 e. The van der Waals surface area contributed by atoms with Gasteiger partial charge in [-0.15, -0.1) is 16.7 Å². The van der Waals surface area contributed by atoms with Gasteiger partial charge in [0, 0.05) is 24.5 Å². The smallest absolute Gasteiger partial charge is 0.322 e. The summed E-state index contributed by atoms with van der Waals surface area (Å²) in [5.74, 6) is 1.10. The fourth-order valence-electron chi connectivity index (χ4n) is 2.46. The molecule has 0 radical (unpaired) electrons. The van der Waals surface area contributed by atoms with Gasteiger partial charge in [0.1, 0.15) is 0 Å². The van der Waals surface area contributed by atoms with Gasteiger partial charge in [0.05, 0.1) is 0 Å². The number of aryl methyl sites for hydroxylation is 3. The van der Waals surface area contributed by atoms with Crippen molar-refractivity contribution in [2.45, 2.75) is 26.2 Å². The Labute approximate surface area is 117 Å². The summed E-state index contributed by atoms with van der Waals surface area (Å²) in [6.45, 7) is 3.03. The van der Waals surface area contributed by atoms with Crippen LogP contribution in [0.4, 0.5) is 11.7 Å². The molecule has 1 aliphatic heterocycles. The van der Waals surface area contributed by atoms with E-state index in [-0.39, 0.29) is 0 Å². The van der Waals surface area contributed by atoms with Gasteiger partial charge in [-0.05, 0) is 31.4 Å². The van der Waals surface area contributed by atoms with E-state index in [9.17, 15) is 0 Å². The topological polar surface area (TPSA) is 42.2 Å². The van der Waals surface area contributed by atoms with Crippen LogP contribution in [0, 0.1) is 6.92 Å². The van der Waals surface area contributed by atoms with Gasteiger partial charge in [-0.25, -0.2) is 0 Å². The van der Waals surface area contributed by atoms with Crippen molar-refractivity contribution in [1.82, 2.24) is 10.2 Å². The molecule has 0 N–H and O–H groups in total. The summed E-state index contributed by atoms with van der Waals surface area (Å²) in [4.78, 5) is 2.10. The zero-order valence-corrected chi connectivity index (χ0v) is 11.7. The lowest BCUT2D eigenvalue weighted by molar-refractivity contribution is 0.496. The quantitative estimate of drug-likeness (QED) is 0.808. The molecule has 1 aromatic carbocycles. The minimum Gasteiger partial charge on any atom is -0.408 e. The Morgan fingerprint density at radius 2 is 2.26 bits per heavy atom. The summed E-state index contributed by atoms with van der Waals surface area (Å²) in [6, 6.07) is 7.06. The number of hydrogen-bond acceptors (Lipinski definition) is 4. The third-order valence-electron chi connectivity index (χ3n) is 3.35. The molecular weight excluding hydrogens is 262 g/mol. The van der Waals surface area contributed by atoms with E-state index in [1.165, 1.54) is 16.8 Å². The second-order valence-corrected chi connectivity index (χ2v) is 5.18. The van der Waals surface area contributed by atoms with E-state index >= 15 is 0 Å². The first-order chi connectivity index (χ1) is 9.28. The summed E-state index contributed by atoms with van der Waals surface area (Å²) in [5, 5.41) is 8.16. The molecule has 4 nitrogen and oxygen atoms in total. The molecule has 0 saturated heterocycles. The molecule has 0 saturated carbocycles. The number of hydrogen-bond donors (Lipinski definition) is 0. The van der Waals surface area contributed by atoms with Gasteiger partial charge < -0.3 is 4.42 Å². The minimum absolute atomic E-state index is 0.497. The van der Waals surface area contributed by atoms with Gasteiger partial charge in [-0.2, -0.15) is 0 Å². The molecule has 0 atom stereocenters. The van der Waals surface area contributed by atoms with Crippen LogP contribution in [0.2, 0.25) is 0 Å².